The van der Waals surface area contributed by atoms with Crippen molar-refractivity contribution in [1.82, 2.24) is 5.32 Å². The third-order valence-corrected chi connectivity index (χ3v) is 2.29. The highest BCUT2D eigenvalue weighted by atomic mass is 16.5. The Morgan fingerprint density at radius 3 is 2.16 bits per heavy atom. The topological polar surface area (TPSA) is 38.3 Å². The minimum absolute atomic E-state index is 0.164. The zero-order chi connectivity index (χ0) is 15.6. The summed E-state index contributed by atoms with van der Waals surface area (Å²) < 4.78 is 5.58. The van der Waals surface area contributed by atoms with Gasteiger partial charge in [0.15, 0.2) is 5.60 Å². The molecule has 0 atom stereocenters. The summed E-state index contributed by atoms with van der Waals surface area (Å²) in [6.45, 7) is 19.1. The van der Waals surface area contributed by atoms with Crippen LogP contribution in [0.2, 0.25) is 0 Å². The van der Waals surface area contributed by atoms with Crippen LogP contribution in [0.4, 0.5) is 0 Å². The summed E-state index contributed by atoms with van der Waals surface area (Å²) in [6.07, 6.45) is 3.83. The second-order valence-electron chi connectivity index (χ2n) is 4.09. The van der Waals surface area contributed by atoms with E-state index in [2.05, 4.69) is 11.9 Å². The first-order valence-corrected chi connectivity index (χ1v) is 6.91. The molecular formula is C16H29NO2. The van der Waals surface area contributed by atoms with Gasteiger partial charge in [0.05, 0.1) is 5.70 Å². The number of rotatable bonds is 1. The number of ether oxygens (including phenoxy) is 1. The molecule has 0 aromatic heterocycles. The Morgan fingerprint density at radius 1 is 1.26 bits per heavy atom. The summed E-state index contributed by atoms with van der Waals surface area (Å²) in [4.78, 5) is 11.5. The van der Waals surface area contributed by atoms with Gasteiger partial charge in [-0.15, -0.1) is 0 Å². The quantitative estimate of drug-likeness (QED) is 0.768. The molecular weight excluding hydrogens is 238 g/mol. The smallest absolute Gasteiger partial charge is 0.268 e. The van der Waals surface area contributed by atoms with Crippen LogP contribution in [0.15, 0.2) is 35.8 Å². The van der Waals surface area contributed by atoms with Gasteiger partial charge in [0, 0.05) is 0 Å². The number of hydrogen-bond donors (Lipinski definition) is 1. The summed E-state index contributed by atoms with van der Waals surface area (Å²) in [5.74, 6) is 0.456. The fraction of sp³-hybridized carbons (Fsp3) is 0.562. The highest BCUT2D eigenvalue weighted by molar-refractivity contribution is 5.87. The van der Waals surface area contributed by atoms with Gasteiger partial charge in [-0.1, -0.05) is 45.9 Å². The molecule has 1 fully saturated rings. The zero-order valence-corrected chi connectivity index (χ0v) is 13.7. The van der Waals surface area contributed by atoms with Crippen LogP contribution in [0.3, 0.4) is 0 Å². The molecule has 0 radical (unpaired) electrons. The predicted molar refractivity (Wildman–Crippen MR) is 82.7 cm³/mol. The molecule has 0 bridgehead atoms. The van der Waals surface area contributed by atoms with Crippen molar-refractivity contribution in [2.24, 2.45) is 0 Å². The number of morpholine rings is 1. The van der Waals surface area contributed by atoms with Crippen molar-refractivity contribution in [2.45, 2.75) is 61.0 Å². The number of amides is 1. The Kier molecular flexibility index (Phi) is 9.83. The molecule has 0 unspecified atom stereocenters. The third-order valence-electron chi connectivity index (χ3n) is 2.29. The van der Waals surface area contributed by atoms with Crippen LogP contribution in [0.1, 0.15) is 55.4 Å². The fourth-order valence-corrected chi connectivity index (χ4v) is 1.14. The largest absolute Gasteiger partial charge is 0.476 e. The van der Waals surface area contributed by atoms with E-state index in [0.29, 0.717) is 11.5 Å². The van der Waals surface area contributed by atoms with Crippen molar-refractivity contribution >= 4 is 5.91 Å². The van der Waals surface area contributed by atoms with Gasteiger partial charge in [0.2, 0.25) is 0 Å². The van der Waals surface area contributed by atoms with Crippen LogP contribution in [0.5, 0.6) is 0 Å². The average Bonchev–Trinajstić information content (AvgIpc) is 2.40. The molecule has 19 heavy (non-hydrogen) atoms. The minimum Gasteiger partial charge on any atom is -0.476 e. The maximum Gasteiger partial charge on any atom is 0.268 e. The van der Waals surface area contributed by atoms with Crippen LogP contribution in [0, 0.1) is 0 Å². The molecule has 3 heteroatoms. The second-order valence-corrected chi connectivity index (χ2v) is 4.09. The molecule has 1 heterocycles. The summed E-state index contributed by atoms with van der Waals surface area (Å²) in [6, 6.07) is 0. The summed E-state index contributed by atoms with van der Waals surface area (Å²) in [7, 11) is 0. The van der Waals surface area contributed by atoms with Crippen molar-refractivity contribution in [2.75, 3.05) is 0 Å². The first-order chi connectivity index (χ1) is 8.86. The highest BCUT2D eigenvalue weighted by Gasteiger charge is 2.36. The summed E-state index contributed by atoms with van der Waals surface area (Å²) in [5.41, 5.74) is 0.750. The monoisotopic (exact) mass is 267 g/mol. The molecule has 110 valence electrons. The number of carbonyl (C=O) groups excluding carboxylic acids is 1. The lowest BCUT2D eigenvalue weighted by Crippen LogP contribution is -2.48. The fourth-order valence-electron chi connectivity index (χ4n) is 1.14. The van der Waals surface area contributed by atoms with Crippen molar-refractivity contribution in [3.63, 3.8) is 0 Å². The number of nitrogens with one attached hydrogen (secondary N) is 1. The van der Waals surface area contributed by atoms with Crippen molar-refractivity contribution in [3.05, 3.63) is 35.8 Å². The molecule has 0 aromatic rings. The van der Waals surface area contributed by atoms with Gasteiger partial charge in [-0.2, -0.15) is 0 Å². The van der Waals surface area contributed by atoms with Crippen LogP contribution in [-0.4, -0.2) is 11.5 Å². The highest BCUT2D eigenvalue weighted by Crippen LogP contribution is 2.25. The van der Waals surface area contributed by atoms with E-state index in [1.165, 1.54) is 0 Å². The van der Waals surface area contributed by atoms with E-state index in [-0.39, 0.29) is 5.91 Å². The molecule has 0 aromatic carbocycles. The molecule has 1 aliphatic rings. The van der Waals surface area contributed by atoms with Gasteiger partial charge in [-0.05, 0) is 33.8 Å². The SMILES string of the molecule is C=C1NC(=O)C(C)(C)O/C1=C/C(C)=C\C.CC.CC. The summed E-state index contributed by atoms with van der Waals surface area (Å²) >= 11 is 0. The maximum absolute atomic E-state index is 11.5. The number of allylic oxidation sites excluding steroid dienone is 3. The van der Waals surface area contributed by atoms with E-state index in [9.17, 15) is 4.79 Å². The molecule has 0 saturated carbocycles. The van der Waals surface area contributed by atoms with Crippen molar-refractivity contribution in [1.29, 1.82) is 0 Å². The molecule has 0 aliphatic carbocycles. The summed E-state index contributed by atoms with van der Waals surface area (Å²) in [5, 5.41) is 2.70. The predicted octanol–water partition coefficient (Wildman–Crippen LogP) is 4.33. The molecule has 1 aliphatic heterocycles. The first-order valence-electron chi connectivity index (χ1n) is 6.91. The van der Waals surface area contributed by atoms with Crippen LogP contribution >= 0.6 is 0 Å². The van der Waals surface area contributed by atoms with E-state index in [1.54, 1.807) is 13.8 Å². The van der Waals surface area contributed by atoms with E-state index < -0.39 is 5.60 Å². The lowest BCUT2D eigenvalue weighted by Gasteiger charge is -2.33. The molecule has 3 nitrogen and oxygen atoms in total. The molecule has 1 rings (SSSR count). The standard InChI is InChI=1S/C12H17NO2.2C2H6/c1-6-8(2)7-10-9(3)13-11(14)12(4,5)15-10;2*1-2/h6-7H,3H2,1-2,4-5H3,(H,13,14);2*1-2H3/b8-6-,10-7+;;. The van der Waals surface area contributed by atoms with Gasteiger partial charge in [-0.3, -0.25) is 4.79 Å². The van der Waals surface area contributed by atoms with E-state index >= 15 is 0 Å². The number of hydrogen-bond acceptors (Lipinski definition) is 2. The van der Waals surface area contributed by atoms with Crippen LogP contribution < -0.4 is 5.32 Å². The zero-order valence-electron chi connectivity index (χ0n) is 13.7. The van der Waals surface area contributed by atoms with Crippen molar-refractivity contribution in [3.8, 4) is 0 Å². The van der Waals surface area contributed by atoms with Gasteiger partial charge >= 0.3 is 0 Å². The van der Waals surface area contributed by atoms with Gasteiger partial charge in [-0.25, -0.2) is 0 Å². The minimum atomic E-state index is -0.832. The Balaban J connectivity index is 0. The van der Waals surface area contributed by atoms with Gasteiger partial charge in [0.25, 0.3) is 5.91 Å². The van der Waals surface area contributed by atoms with E-state index in [1.807, 2.05) is 53.7 Å². The molecule has 1 N–H and O–H groups in total. The second kappa shape index (κ2) is 9.42. The third kappa shape index (κ3) is 6.27. The average molecular weight is 267 g/mol. The van der Waals surface area contributed by atoms with Crippen molar-refractivity contribution < 1.29 is 9.53 Å². The molecule has 1 amide bonds. The molecule has 1 saturated heterocycles. The Hall–Kier alpha value is -1.51. The van der Waals surface area contributed by atoms with E-state index in [0.717, 1.165) is 5.57 Å². The lowest BCUT2D eigenvalue weighted by molar-refractivity contribution is -0.140. The van der Waals surface area contributed by atoms with Crippen LogP contribution in [-0.2, 0) is 9.53 Å². The van der Waals surface area contributed by atoms with Crippen LogP contribution in [0.25, 0.3) is 0 Å². The Labute approximate surface area is 118 Å². The Bertz CT molecular complexity index is 363. The van der Waals surface area contributed by atoms with E-state index in [4.69, 9.17) is 4.74 Å². The lowest BCUT2D eigenvalue weighted by atomic mass is 10.1. The molecule has 0 spiro atoms. The number of carbonyl (C=O) groups is 1. The first kappa shape index (κ1) is 19.8. The van der Waals surface area contributed by atoms with Gasteiger partial charge in [0.1, 0.15) is 5.76 Å². The maximum atomic E-state index is 11.5. The Morgan fingerprint density at radius 2 is 1.74 bits per heavy atom. The normalized spacial score (nSPS) is 19.4. The van der Waals surface area contributed by atoms with Gasteiger partial charge < -0.3 is 10.1 Å².